The van der Waals surface area contributed by atoms with E-state index in [1.165, 1.54) is 0 Å². The van der Waals surface area contributed by atoms with E-state index in [1.54, 1.807) is 11.0 Å². The number of likely N-dealkylation sites (tertiary alicyclic amines) is 1. The molecule has 2 rings (SSSR count). The Balaban J connectivity index is 1.98. The summed E-state index contributed by atoms with van der Waals surface area (Å²) in [5.41, 5.74) is 0.00335. The van der Waals surface area contributed by atoms with Crippen molar-refractivity contribution in [2.24, 2.45) is 15.8 Å². The van der Waals surface area contributed by atoms with Crippen LogP contribution in [0.3, 0.4) is 0 Å². The van der Waals surface area contributed by atoms with Gasteiger partial charge in [0.2, 0.25) is 6.08 Å². The number of nitrogens with zero attached hydrogens (tertiary/aromatic N) is 2. The second-order valence-corrected chi connectivity index (χ2v) is 7.67. The number of rotatable bonds is 3. The Bertz CT molecular complexity index is 453. The molecule has 0 spiro atoms. The molecule has 2 aliphatic rings. The van der Waals surface area contributed by atoms with Gasteiger partial charge in [-0.1, -0.05) is 20.8 Å². The fraction of sp³-hybridized carbons (Fsp3) is 0.867. The fourth-order valence-corrected chi connectivity index (χ4v) is 3.97. The van der Waals surface area contributed by atoms with Gasteiger partial charge in [0.25, 0.3) is 0 Å². The van der Waals surface area contributed by atoms with Crippen LogP contribution in [0.2, 0.25) is 0 Å². The van der Waals surface area contributed by atoms with E-state index in [4.69, 9.17) is 0 Å². The summed E-state index contributed by atoms with van der Waals surface area (Å²) in [6.45, 7) is 7.75. The van der Waals surface area contributed by atoms with Crippen molar-refractivity contribution < 1.29 is 14.7 Å². The van der Waals surface area contributed by atoms with Crippen LogP contribution in [-0.2, 0) is 4.79 Å². The van der Waals surface area contributed by atoms with Gasteiger partial charge in [-0.05, 0) is 30.1 Å². The molecule has 0 radical (unpaired) electrons. The van der Waals surface area contributed by atoms with Gasteiger partial charge in [0.05, 0.1) is 25.7 Å². The Morgan fingerprint density at radius 3 is 2.62 bits per heavy atom. The van der Waals surface area contributed by atoms with Gasteiger partial charge in [0, 0.05) is 6.04 Å². The van der Waals surface area contributed by atoms with E-state index in [0.29, 0.717) is 19.6 Å². The zero-order valence-corrected chi connectivity index (χ0v) is 13.1. The van der Waals surface area contributed by atoms with E-state index < -0.39 is 0 Å². The van der Waals surface area contributed by atoms with E-state index in [9.17, 15) is 14.7 Å². The predicted octanol–water partition coefficient (Wildman–Crippen LogP) is 1.29. The summed E-state index contributed by atoms with van der Waals surface area (Å²) < 4.78 is 0. The van der Waals surface area contributed by atoms with Gasteiger partial charge in [0.15, 0.2) is 0 Å². The zero-order chi connectivity index (χ0) is 15.7. The smallest absolute Gasteiger partial charge is 0.317 e. The number of carbonyl (C=O) groups excluding carboxylic acids is 2. The summed E-state index contributed by atoms with van der Waals surface area (Å²) >= 11 is 0. The first-order chi connectivity index (χ1) is 9.73. The number of nitrogens with one attached hydrogen (secondary N) is 1. The summed E-state index contributed by atoms with van der Waals surface area (Å²) in [6, 6.07) is -0.0323. The van der Waals surface area contributed by atoms with E-state index in [-0.39, 0.29) is 29.0 Å². The first-order valence-electron chi connectivity index (χ1n) is 7.50. The van der Waals surface area contributed by atoms with Gasteiger partial charge < -0.3 is 15.3 Å². The average molecular weight is 295 g/mol. The van der Waals surface area contributed by atoms with Crippen LogP contribution in [0.25, 0.3) is 0 Å². The summed E-state index contributed by atoms with van der Waals surface area (Å²) in [5.74, 6) is 0. The van der Waals surface area contributed by atoms with Crippen molar-refractivity contribution in [2.75, 3.05) is 19.6 Å². The molecule has 118 valence electrons. The molecule has 0 bridgehead atoms. The average Bonchev–Trinajstić information content (AvgIpc) is 2.30. The molecule has 2 N–H and O–H groups in total. The molecule has 1 heterocycles. The Hall–Kier alpha value is -1.39. The number of hydrogen-bond donors (Lipinski definition) is 2. The summed E-state index contributed by atoms with van der Waals surface area (Å²) in [5, 5.41) is 12.3. The molecule has 0 aromatic rings. The molecule has 0 aromatic heterocycles. The number of carbonyl (C=O) groups is 1. The molecule has 1 aliphatic heterocycles. The zero-order valence-electron chi connectivity index (χ0n) is 13.1. The first kappa shape index (κ1) is 16.0. The summed E-state index contributed by atoms with van der Waals surface area (Å²) in [6.07, 6.45) is 3.93. The van der Waals surface area contributed by atoms with E-state index >= 15 is 0 Å². The van der Waals surface area contributed by atoms with Gasteiger partial charge in [-0.25, -0.2) is 14.6 Å². The lowest BCUT2D eigenvalue weighted by Crippen LogP contribution is -2.59. The lowest BCUT2D eigenvalue weighted by atomic mass is 9.62. The first-order valence-corrected chi connectivity index (χ1v) is 7.50. The van der Waals surface area contributed by atoms with Crippen molar-refractivity contribution in [3.8, 4) is 0 Å². The standard InChI is InChI=1S/C15H25N3O3/c1-14(2)4-11(5-15(3,8-14)9-16-10-19)17-13(21)18-6-12(20)7-18/h11-12,20H,4-9H2,1-3H3,(H,17,21). The summed E-state index contributed by atoms with van der Waals surface area (Å²) in [7, 11) is 0. The van der Waals surface area contributed by atoms with Crippen LogP contribution >= 0.6 is 0 Å². The number of amides is 2. The van der Waals surface area contributed by atoms with Gasteiger partial charge in [-0.2, -0.15) is 0 Å². The highest BCUT2D eigenvalue weighted by atomic mass is 16.3. The second-order valence-electron chi connectivity index (χ2n) is 7.67. The highest BCUT2D eigenvalue weighted by molar-refractivity contribution is 5.75. The molecule has 1 saturated heterocycles. The highest BCUT2D eigenvalue weighted by Crippen LogP contribution is 2.46. The van der Waals surface area contributed by atoms with Crippen molar-refractivity contribution in [2.45, 2.75) is 52.2 Å². The number of isocyanates is 1. The van der Waals surface area contributed by atoms with Crippen LogP contribution in [0.5, 0.6) is 0 Å². The maximum absolute atomic E-state index is 12.1. The Morgan fingerprint density at radius 2 is 2.05 bits per heavy atom. The Kier molecular flexibility index (Phi) is 4.40. The largest absolute Gasteiger partial charge is 0.389 e. The highest BCUT2D eigenvalue weighted by Gasteiger charge is 2.42. The third kappa shape index (κ3) is 4.05. The van der Waals surface area contributed by atoms with Crippen LogP contribution in [0.1, 0.15) is 40.0 Å². The molecule has 0 aromatic carbocycles. The molecular formula is C15H25N3O3. The van der Waals surface area contributed by atoms with Gasteiger partial charge >= 0.3 is 6.03 Å². The quantitative estimate of drug-likeness (QED) is 0.608. The van der Waals surface area contributed by atoms with E-state index in [0.717, 1.165) is 19.3 Å². The maximum Gasteiger partial charge on any atom is 0.317 e. The molecule has 2 amide bonds. The Morgan fingerprint density at radius 1 is 1.38 bits per heavy atom. The lowest BCUT2D eigenvalue weighted by molar-refractivity contribution is 0.0213. The Labute approximate surface area is 125 Å². The van der Waals surface area contributed by atoms with Crippen LogP contribution in [-0.4, -0.2) is 53.9 Å². The minimum absolute atomic E-state index is 0.0749. The molecule has 1 aliphatic carbocycles. The molecule has 6 heteroatoms. The maximum atomic E-state index is 12.1. The normalized spacial score (nSPS) is 32.0. The molecule has 2 unspecified atom stereocenters. The summed E-state index contributed by atoms with van der Waals surface area (Å²) in [4.78, 5) is 27.9. The van der Waals surface area contributed by atoms with Crippen molar-refractivity contribution >= 4 is 12.1 Å². The molecular weight excluding hydrogens is 270 g/mol. The van der Waals surface area contributed by atoms with E-state index in [1.807, 2.05) is 0 Å². The molecule has 1 saturated carbocycles. The molecule has 21 heavy (non-hydrogen) atoms. The third-order valence-electron chi connectivity index (χ3n) is 4.45. The lowest BCUT2D eigenvalue weighted by Gasteiger charge is -2.47. The molecule has 2 atom stereocenters. The van der Waals surface area contributed by atoms with Crippen molar-refractivity contribution in [1.29, 1.82) is 0 Å². The molecule has 6 nitrogen and oxygen atoms in total. The number of urea groups is 1. The predicted molar refractivity (Wildman–Crippen MR) is 78.6 cm³/mol. The second kappa shape index (κ2) is 5.78. The van der Waals surface area contributed by atoms with Gasteiger partial charge in [-0.15, -0.1) is 0 Å². The topological polar surface area (TPSA) is 82.0 Å². The SMILES string of the molecule is CC1(C)CC(NC(=O)N2CC(O)C2)CC(C)(CN=C=O)C1. The van der Waals surface area contributed by atoms with Crippen molar-refractivity contribution in [1.82, 2.24) is 10.2 Å². The van der Waals surface area contributed by atoms with E-state index in [2.05, 4.69) is 31.1 Å². The monoisotopic (exact) mass is 295 g/mol. The number of hydrogen-bond acceptors (Lipinski definition) is 4. The number of β-amino-alcohol motifs (C(OH)–C–C–N with tert-alkyl or cyclic N) is 1. The van der Waals surface area contributed by atoms with Gasteiger partial charge in [0.1, 0.15) is 0 Å². The minimum Gasteiger partial charge on any atom is -0.389 e. The number of aliphatic imine (C=N–C) groups is 1. The van der Waals surface area contributed by atoms with Crippen LogP contribution in [0.4, 0.5) is 4.79 Å². The number of aliphatic hydroxyl groups excluding tert-OH is 1. The van der Waals surface area contributed by atoms with Crippen molar-refractivity contribution in [3.05, 3.63) is 0 Å². The van der Waals surface area contributed by atoms with Crippen LogP contribution in [0.15, 0.2) is 4.99 Å². The van der Waals surface area contributed by atoms with Crippen molar-refractivity contribution in [3.63, 3.8) is 0 Å². The van der Waals surface area contributed by atoms with Crippen LogP contribution in [0, 0.1) is 10.8 Å². The van der Waals surface area contributed by atoms with Gasteiger partial charge in [-0.3, -0.25) is 0 Å². The third-order valence-corrected chi connectivity index (χ3v) is 4.45. The van der Waals surface area contributed by atoms with Crippen LogP contribution < -0.4 is 5.32 Å². The minimum atomic E-state index is -0.384. The fourth-order valence-electron chi connectivity index (χ4n) is 3.97. The molecule has 2 fully saturated rings. The number of aliphatic hydroxyl groups is 1.